The number of nitrogens with zero attached hydrogens (tertiary/aromatic N) is 1. The molecule has 0 aliphatic carbocycles. The van der Waals surface area contributed by atoms with Gasteiger partial charge in [0.2, 0.25) is 0 Å². The molecule has 3 N–H and O–H groups in total. The quantitative estimate of drug-likeness (QED) is 0.299. The zero-order chi connectivity index (χ0) is 5.11. The number of nitrogens with two attached hydrogens (primary N) is 1. The second kappa shape index (κ2) is 8.80. The van der Waals surface area contributed by atoms with Crippen LogP contribution in [-0.2, 0) is 0 Å². The first-order valence-electron chi connectivity index (χ1n) is 2.64. The van der Waals surface area contributed by atoms with Crippen LogP contribution in [0.15, 0.2) is 0 Å². The first-order chi connectivity index (χ1) is 3.43. The molecule has 3 nitrogen and oxygen atoms in total. The molecule has 0 spiro atoms. The highest BCUT2D eigenvalue weighted by atomic mass is 19.0. The lowest BCUT2D eigenvalue weighted by molar-refractivity contribution is 0.240. The minimum Gasteiger partial charge on any atom is -0.269 e. The summed E-state index contributed by atoms with van der Waals surface area (Å²) in [6, 6.07) is 0. The van der Waals surface area contributed by atoms with Crippen LogP contribution >= 0.6 is 0 Å². The van der Waals surface area contributed by atoms with Crippen molar-refractivity contribution in [3.8, 4) is 0 Å². The summed E-state index contributed by atoms with van der Waals surface area (Å²) in [5, 5.41) is 2.01. The van der Waals surface area contributed by atoms with Crippen LogP contribution in [-0.4, -0.2) is 26.5 Å². The number of hydrogen-bond donors (Lipinski definition) is 2. The maximum Gasteiger partial charge on any atom is 0.0144 e. The van der Waals surface area contributed by atoms with Gasteiger partial charge < -0.3 is 0 Å². The van der Waals surface area contributed by atoms with Crippen LogP contribution in [0.3, 0.4) is 0 Å². The summed E-state index contributed by atoms with van der Waals surface area (Å²) in [6.07, 6.45) is 2.56. The SMILES string of the molecule is F.F.NNN1CCCC1.[B]. The first kappa shape index (κ1) is 16.4. The third-order valence-corrected chi connectivity index (χ3v) is 1.29. The van der Waals surface area contributed by atoms with Gasteiger partial charge in [-0.05, 0) is 12.8 Å². The summed E-state index contributed by atoms with van der Waals surface area (Å²) in [7, 11) is 0. The number of rotatable bonds is 1. The fourth-order valence-corrected chi connectivity index (χ4v) is 0.846. The third-order valence-electron chi connectivity index (χ3n) is 1.29. The van der Waals surface area contributed by atoms with Gasteiger partial charge in [0.15, 0.2) is 0 Å². The van der Waals surface area contributed by atoms with Crippen molar-refractivity contribution in [1.29, 1.82) is 0 Å². The van der Waals surface area contributed by atoms with Crippen LogP contribution in [0.25, 0.3) is 0 Å². The minimum absolute atomic E-state index is 0. The summed E-state index contributed by atoms with van der Waals surface area (Å²) in [4.78, 5) is 0. The summed E-state index contributed by atoms with van der Waals surface area (Å²) >= 11 is 0. The van der Waals surface area contributed by atoms with E-state index in [1.165, 1.54) is 12.8 Å². The Bertz CT molecular complexity index is 60.5. The highest BCUT2D eigenvalue weighted by Gasteiger charge is 2.07. The van der Waals surface area contributed by atoms with E-state index < -0.39 is 0 Å². The number of hydrazine groups is 2. The number of halogens is 2. The molecule has 1 rings (SSSR count). The van der Waals surface area contributed by atoms with E-state index in [2.05, 4.69) is 5.53 Å². The smallest absolute Gasteiger partial charge is 0.0144 e. The molecule has 1 aliphatic rings. The van der Waals surface area contributed by atoms with Crippen molar-refractivity contribution in [2.24, 2.45) is 5.84 Å². The van der Waals surface area contributed by atoms with Gasteiger partial charge in [0.05, 0.1) is 0 Å². The van der Waals surface area contributed by atoms with Crippen LogP contribution < -0.4 is 11.4 Å². The Morgan fingerprint density at radius 1 is 1.10 bits per heavy atom. The summed E-state index contributed by atoms with van der Waals surface area (Å²) in [5.74, 6) is 5.11. The van der Waals surface area contributed by atoms with E-state index in [9.17, 15) is 0 Å². The molecule has 3 radical (unpaired) electrons. The first-order valence-corrected chi connectivity index (χ1v) is 2.64. The van der Waals surface area contributed by atoms with Gasteiger partial charge in [-0.15, -0.1) is 0 Å². The predicted molar refractivity (Wildman–Crippen MR) is 38.9 cm³/mol. The van der Waals surface area contributed by atoms with Crippen molar-refractivity contribution >= 4 is 8.41 Å². The molecule has 1 saturated heterocycles. The molecule has 0 atom stereocenters. The van der Waals surface area contributed by atoms with Crippen molar-refractivity contribution < 1.29 is 9.41 Å². The van der Waals surface area contributed by atoms with Crippen molar-refractivity contribution in [2.75, 3.05) is 13.1 Å². The molecule has 0 bridgehead atoms. The molecule has 6 heteroatoms. The van der Waals surface area contributed by atoms with Crippen LogP contribution in [0.2, 0.25) is 0 Å². The lowest BCUT2D eigenvalue weighted by atomic mass is 10.4. The normalized spacial score (nSPS) is 16.5. The standard InChI is InChI=1S/C4H11N3.B.2FH/c5-6-7-3-1-2-4-7;;;/h6H,1-5H2;;2*1H. The average Bonchev–Trinajstić information content (AvgIpc) is 2.14. The Morgan fingerprint density at radius 3 is 1.70 bits per heavy atom. The Morgan fingerprint density at radius 2 is 1.50 bits per heavy atom. The van der Waals surface area contributed by atoms with Crippen molar-refractivity contribution in [3.05, 3.63) is 0 Å². The third kappa shape index (κ3) is 4.66. The van der Waals surface area contributed by atoms with Crippen molar-refractivity contribution in [2.45, 2.75) is 12.8 Å². The molecular formula is C4H13BF2N3. The van der Waals surface area contributed by atoms with Gasteiger partial charge in [0.1, 0.15) is 0 Å². The number of hydrogen-bond acceptors (Lipinski definition) is 3. The largest absolute Gasteiger partial charge is 0.269 e. The molecule has 0 aromatic rings. The molecule has 0 aromatic carbocycles. The molecule has 0 aromatic heterocycles. The van der Waals surface area contributed by atoms with E-state index >= 15 is 0 Å². The van der Waals surface area contributed by atoms with E-state index in [1.807, 2.05) is 5.01 Å². The molecule has 1 heterocycles. The van der Waals surface area contributed by atoms with Crippen molar-refractivity contribution in [3.63, 3.8) is 0 Å². The lowest BCUT2D eigenvalue weighted by Gasteiger charge is -2.09. The minimum atomic E-state index is 0. The lowest BCUT2D eigenvalue weighted by Crippen LogP contribution is -2.40. The predicted octanol–water partition coefficient (Wildman–Crippen LogP) is -0.615. The van der Waals surface area contributed by atoms with E-state index in [4.69, 9.17) is 5.84 Å². The molecule has 1 fully saturated rings. The zero-order valence-corrected chi connectivity index (χ0v) is 5.75. The van der Waals surface area contributed by atoms with Crippen LogP contribution in [0.4, 0.5) is 9.41 Å². The highest BCUT2D eigenvalue weighted by Crippen LogP contribution is 2.01. The molecule has 0 unspecified atom stereocenters. The van der Waals surface area contributed by atoms with Crippen LogP contribution in [0.5, 0.6) is 0 Å². The Kier molecular flexibility index (Phi) is 14.5. The topological polar surface area (TPSA) is 41.3 Å². The van der Waals surface area contributed by atoms with Gasteiger partial charge in [-0.25, -0.2) is 5.01 Å². The van der Waals surface area contributed by atoms with Gasteiger partial charge in [-0.3, -0.25) is 15.3 Å². The summed E-state index contributed by atoms with van der Waals surface area (Å²) < 4.78 is 0. The van der Waals surface area contributed by atoms with Gasteiger partial charge >= 0.3 is 0 Å². The van der Waals surface area contributed by atoms with Gasteiger partial charge in [-0.2, -0.15) is 5.53 Å². The Hall–Kier alpha value is -0.195. The van der Waals surface area contributed by atoms with Gasteiger partial charge in [0.25, 0.3) is 0 Å². The van der Waals surface area contributed by atoms with Gasteiger partial charge in [0, 0.05) is 21.5 Å². The second-order valence-corrected chi connectivity index (χ2v) is 1.82. The van der Waals surface area contributed by atoms with E-state index in [0.717, 1.165) is 13.1 Å². The number of nitrogens with one attached hydrogen (secondary N) is 1. The fraction of sp³-hybridized carbons (Fsp3) is 1.00. The average molecular weight is 152 g/mol. The van der Waals surface area contributed by atoms with Crippen LogP contribution in [0, 0.1) is 0 Å². The molecule has 0 amide bonds. The van der Waals surface area contributed by atoms with E-state index in [-0.39, 0.29) is 17.8 Å². The maximum atomic E-state index is 5.11. The zero-order valence-electron chi connectivity index (χ0n) is 5.75. The highest BCUT2D eigenvalue weighted by molar-refractivity contribution is 5.75. The van der Waals surface area contributed by atoms with E-state index in [1.54, 1.807) is 0 Å². The summed E-state index contributed by atoms with van der Waals surface area (Å²) in [6.45, 7) is 2.22. The Labute approximate surface area is 61.2 Å². The molecular weight excluding hydrogens is 139 g/mol. The molecule has 10 heavy (non-hydrogen) atoms. The fourth-order valence-electron chi connectivity index (χ4n) is 0.846. The van der Waals surface area contributed by atoms with Crippen LogP contribution in [0.1, 0.15) is 12.8 Å². The Balaban J connectivity index is -0.000000163. The van der Waals surface area contributed by atoms with Gasteiger partial charge in [-0.1, -0.05) is 0 Å². The van der Waals surface area contributed by atoms with E-state index in [0.29, 0.717) is 0 Å². The van der Waals surface area contributed by atoms with Crippen molar-refractivity contribution in [1.82, 2.24) is 10.5 Å². The molecule has 0 saturated carbocycles. The second-order valence-electron chi connectivity index (χ2n) is 1.82. The monoisotopic (exact) mass is 152 g/mol. The molecule has 1 aliphatic heterocycles. The molecule has 61 valence electrons. The maximum absolute atomic E-state index is 5.11. The summed E-state index contributed by atoms with van der Waals surface area (Å²) in [5.41, 5.74) is 2.60.